The third-order valence-corrected chi connectivity index (χ3v) is 3.91. The summed E-state index contributed by atoms with van der Waals surface area (Å²) in [6.07, 6.45) is 1.00. The van der Waals surface area contributed by atoms with Crippen molar-refractivity contribution in [2.24, 2.45) is 0 Å². The highest BCUT2D eigenvalue weighted by Gasteiger charge is 2.11. The van der Waals surface area contributed by atoms with Crippen molar-refractivity contribution >= 4 is 15.7 Å². The number of hydrogen-bond acceptors (Lipinski definition) is 3. The fourth-order valence-electron chi connectivity index (χ4n) is 1.57. The Morgan fingerprint density at radius 2 is 1.89 bits per heavy atom. The van der Waals surface area contributed by atoms with E-state index in [2.05, 4.69) is 17.0 Å². The van der Waals surface area contributed by atoms with Gasteiger partial charge in [-0.25, -0.2) is 8.42 Å². The molecule has 0 aliphatic carbocycles. The molecule has 0 spiro atoms. The molecule has 0 heterocycles. The molecule has 4 nitrogen and oxygen atoms in total. The van der Waals surface area contributed by atoms with E-state index in [4.69, 9.17) is 0 Å². The second-order valence-corrected chi connectivity index (χ2v) is 6.33. The van der Waals surface area contributed by atoms with E-state index < -0.39 is 10.0 Å². The van der Waals surface area contributed by atoms with Crippen LogP contribution in [0.25, 0.3) is 0 Å². The molecule has 0 saturated heterocycles. The van der Waals surface area contributed by atoms with Crippen LogP contribution < -0.4 is 10.0 Å². The Kier molecular flexibility index (Phi) is 5.62. The van der Waals surface area contributed by atoms with Crippen molar-refractivity contribution in [3.05, 3.63) is 29.3 Å². The Morgan fingerprint density at radius 1 is 1.17 bits per heavy atom. The summed E-state index contributed by atoms with van der Waals surface area (Å²) < 4.78 is 26.4. The van der Waals surface area contributed by atoms with Gasteiger partial charge < -0.3 is 5.32 Å². The third-order valence-electron chi connectivity index (χ3n) is 2.63. The Balaban J connectivity index is 2.62. The maximum atomic E-state index is 11.9. The van der Waals surface area contributed by atoms with Gasteiger partial charge in [-0.2, -0.15) is 0 Å². The predicted molar refractivity (Wildman–Crippen MR) is 76.5 cm³/mol. The van der Waals surface area contributed by atoms with Gasteiger partial charge in [0.05, 0.1) is 11.4 Å². The maximum Gasteiger partial charge on any atom is 0.233 e. The lowest BCUT2D eigenvalue weighted by Gasteiger charge is -2.11. The number of nitrogens with one attached hydrogen (secondary N) is 2. The fraction of sp³-hybridized carbons (Fsp3) is 0.538. The molecule has 1 aromatic rings. The third kappa shape index (κ3) is 5.06. The highest BCUT2D eigenvalue weighted by atomic mass is 32.2. The minimum absolute atomic E-state index is 0.0976. The molecule has 0 aliphatic rings. The van der Waals surface area contributed by atoms with E-state index in [0.29, 0.717) is 12.2 Å². The average Bonchev–Trinajstić information content (AvgIpc) is 2.29. The highest BCUT2D eigenvalue weighted by Crippen LogP contribution is 2.17. The number of rotatable bonds is 7. The van der Waals surface area contributed by atoms with Gasteiger partial charge in [-0.15, -0.1) is 0 Å². The zero-order chi connectivity index (χ0) is 13.6. The molecule has 0 amide bonds. The summed E-state index contributed by atoms with van der Waals surface area (Å²) in [7, 11) is -3.27. The van der Waals surface area contributed by atoms with E-state index in [1.54, 1.807) is 0 Å². The molecule has 0 radical (unpaired) electrons. The lowest BCUT2D eigenvalue weighted by atomic mass is 10.1. The first-order valence-electron chi connectivity index (χ1n) is 6.23. The Bertz CT molecular complexity index is 484. The molecule has 0 unspecified atom stereocenters. The zero-order valence-corrected chi connectivity index (χ0v) is 12.1. The molecule has 2 N–H and O–H groups in total. The molecule has 102 valence electrons. The molecular formula is C13H22N2O2S. The normalized spacial score (nSPS) is 11.5. The van der Waals surface area contributed by atoms with Gasteiger partial charge in [-0.1, -0.05) is 19.1 Å². The van der Waals surface area contributed by atoms with Gasteiger partial charge in [0.1, 0.15) is 0 Å². The van der Waals surface area contributed by atoms with Gasteiger partial charge in [0.15, 0.2) is 0 Å². The van der Waals surface area contributed by atoms with Crippen molar-refractivity contribution in [1.29, 1.82) is 0 Å². The molecule has 0 atom stereocenters. The smallest absolute Gasteiger partial charge is 0.233 e. The van der Waals surface area contributed by atoms with Gasteiger partial charge in [0, 0.05) is 6.54 Å². The molecule has 1 rings (SSSR count). The van der Waals surface area contributed by atoms with Crippen LogP contribution >= 0.6 is 0 Å². The van der Waals surface area contributed by atoms with Gasteiger partial charge in [-0.05, 0) is 44.0 Å². The van der Waals surface area contributed by atoms with E-state index in [1.165, 1.54) is 0 Å². The van der Waals surface area contributed by atoms with Crippen molar-refractivity contribution in [3.8, 4) is 0 Å². The van der Waals surface area contributed by atoms with Crippen LogP contribution in [0.2, 0.25) is 0 Å². The Labute approximate surface area is 110 Å². The van der Waals surface area contributed by atoms with E-state index in [0.717, 1.165) is 24.1 Å². The molecule has 0 bridgehead atoms. The number of sulfonamides is 1. The average molecular weight is 270 g/mol. The largest absolute Gasteiger partial charge is 0.316 e. The molecule has 1 aromatic carbocycles. The standard InChI is InChI=1S/C13H22N2O2S/c1-4-7-14-8-9-18(16,17)15-13-10-11(2)5-6-12(13)3/h5-6,10,14-15H,4,7-9H2,1-3H3. The fourth-order valence-corrected chi connectivity index (χ4v) is 2.64. The van der Waals surface area contributed by atoms with Crippen LogP contribution in [0, 0.1) is 13.8 Å². The first kappa shape index (κ1) is 15.0. The number of hydrogen-bond donors (Lipinski definition) is 2. The van der Waals surface area contributed by atoms with E-state index in [1.807, 2.05) is 32.0 Å². The van der Waals surface area contributed by atoms with Crippen molar-refractivity contribution < 1.29 is 8.42 Å². The van der Waals surface area contributed by atoms with Crippen LogP contribution in [-0.2, 0) is 10.0 Å². The van der Waals surface area contributed by atoms with Gasteiger partial charge in [0.25, 0.3) is 0 Å². The Hall–Kier alpha value is -1.07. The maximum absolute atomic E-state index is 11.9. The Morgan fingerprint density at radius 3 is 2.56 bits per heavy atom. The summed E-state index contributed by atoms with van der Waals surface area (Å²) in [5.41, 5.74) is 2.65. The first-order chi connectivity index (χ1) is 8.44. The van der Waals surface area contributed by atoms with Crippen LogP contribution in [0.5, 0.6) is 0 Å². The predicted octanol–water partition coefficient (Wildman–Crippen LogP) is 2.04. The molecule has 0 aromatic heterocycles. The molecule has 18 heavy (non-hydrogen) atoms. The molecular weight excluding hydrogens is 248 g/mol. The van der Waals surface area contributed by atoms with Crippen LogP contribution in [0.15, 0.2) is 18.2 Å². The minimum Gasteiger partial charge on any atom is -0.316 e. The minimum atomic E-state index is -3.27. The molecule has 0 aliphatic heterocycles. The SMILES string of the molecule is CCCNCCS(=O)(=O)Nc1cc(C)ccc1C. The quantitative estimate of drug-likeness (QED) is 0.746. The summed E-state index contributed by atoms with van der Waals surface area (Å²) in [6.45, 7) is 7.22. The second kappa shape index (κ2) is 6.75. The summed E-state index contributed by atoms with van der Waals surface area (Å²) in [5, 5.41) is 3.08. The summed E-state index contributed by atoms with van der Waals surface area (Å²) in [5.74, 6) is 0.0976. The van der Waals surface area contributed by atoms with Crippen molar-refractivity contribution in [2.45, 2.75) is 27.2 Å². The topological polar surface area (TPSA) is 58.2 Å². The highest BCUT2D eigenvalue weighted by molar-refractivity contribution is 7.92. The van der Waals surface area contributed by atoms with E-state index in [9.17, 15) is 8.42 Å². The van der Waals surface area contributed by atoms with Gasteiger partial charge in [-0.3, -0.25) is 4.72 Å². The molecule has 5 heteroatoms. The molecule has 0 saturated carbocycles. The van der Waals surface area contributed by atoms with Crippen LogP contribution in [0.1, 0.15) is 24.5 Å². The number of anilines is 1. The summed E-state index contributed by atoms with van der Waals surface area (Å²) in [6, 6.07) is 5.74. The van der Waals surface area contributed by atoms with Gasteiger partial charge >= 0.3 is 0 Å². The van der Waals surface area contributed by atoms with Crippen molar-refractivity contribution in [2.75, 3.05) is 23.6 Å². The monoisotopic (exact) mass is 270 g/mol. The van der Waals surface area contributed by atoms with E-state index in [-0.39, 0.29) is 5.75 Å². The van der Waals surface area contributed by atoms with Crippen LogP contribution in [0.4, 0.5) is 5.69 Å². The second-order valence-electron chi connectivity index (χ2n) is 4.49. The lowest BCUT2D eigenvalue weighted by molar-refractivity contribution is 0.595. The van der Waals surface area contributed by atoms with E-state index >= 15 is 0 Å². The lowest BCUT2D eigenvalue weighted by Crippen LogP contribution is -2.27. The summed E-state index contributed by atoms with van der Waals surface area (Å²) >= 11 is 0. The van der Waals surface area contributed by atoms with Gasteiger partial charge in [0.2, 0.25) is 10.0 Å². The molecule has 0 fully saturated rings. The first-order valence-corrected chi connectivity index (χ1v) is 7.88. The van der Waals surface area contributed by atoms with Crippen LogP contribution in [-0.4, -0.2) is 27.3 Å². The number of aryl methyl sites for hydroxylation is 2. The van der Waals surface area contributed by atoms with Crippen LogP contribution in [0.3, 0.4) is 0 Å². The van der Waals surface area contributed by atoms with Crippen molar-refractivity contribution in [3.63, 3.8) is 0 Å². The summed E-state index contributed by atoms with van der Waals surface area (Å²) in [4.78, 5) is 0. The zero-order valence-electron chi connectivity index (χ0n) is 11.3. The number of benzene rings is 1. The van der Waals surface area contributed by atoms with Crippen molar-refractivity contribution in [1.82, 2.24) is 5.32 Å².